The summed E-state index contributed by atoms with van der Waals surface area (Å²) in [6.45, 7) is 2.11. The van der Waals surface area contributed by atoms with Gasteiger partial charge in [-0.25, -0.2) is 4.79 Å². The Hall–Kier alpha value is -1.31. The highest BCUT2D eigenvalue weighted by Gasteiger charge is 1.79. The van der Waals surface area contributed by atoms with E-state index in [1.807, 2.05) is 18.2 Å². The Kier molecular flexibility index (Phi) is 6.94. The van der Waals surface area contributed by atoms with Gasteiger partial charge in [0.05, 0.1) is 0 Å². The van der Waals surface area contributed by atoms with E-state index in [-0.39, 0.29) is 0 Å². The number of rotatable bonds is 5. The molecule has 0 radical (unpaired) electrons. The zero-order valence-corrected chi connectivity index (χ0v) is 7.23. The third-order valence-electron chi connectivity index (χ3n) is 1.16. The molecular weight excluding hydrogens is 152 g/mol. The first kappa shape index (κ1) is 10.7. The molecule has 0 unspecified atom stereocenters. The molecule has 0 saturated carbocycles. The molecular formula is C10H14O2. The van der Waals surface area contributed by atoms with Gasteiger partial charge in [0.15, 0.2) is 0 Å². The molecule has 2 heteroatoms. The number of carbonyl (C=O) groups is 1. The molecule has 0 aliphatic rings. The number of carboxylic acids is 1. The lowest BCUT2D eigenvalue weighted by Crippen LogP contribution is -1.84. The Morgan fingerprint density at radius 2 is 1.92 bits per heavy atom. The van der Waals surface area contributed by atoms with Gasteiger partial charge in [-0.05, 0) is 6.42 Å². The zero-order valence-electron chi connectivity index (χ0n) is 7.23. The van der Waals surface area contributed by atoms with Gasteiger partial charge in [-0.1, -0.05) is 43.7 Å². The number of hydrogen-bond donors (Lipinski definition) is 1. The molecule has 0 aromatic heterocycles. The lowest BCUT2D eigenvalue weighted by Gasteiger charge is -1.79. The second kappa shape index (κ2) is 7.79. The van der Waals surface area contributed by atoms with Crippen molar-refractivity contribution < 1.29 is 9.90 Å². The van der Waals surface area contributed by atoms with Crippen LogP contribution in [-0.4, -0.2) is 11.1 Å². The molecule has 0 saturated heterocycles. The summed E-state index contributed by atoms with van der Waals surface area (Å²) in [6.07, 6.45) is 12.3. The third-order valence-corrected chi connectivity index (χ3v) is 1.16. The largest absolute Gasteiger partial charge is 0.478 e. The summed E-state index contributed by atoms with van der Waals surface area (Å²) in [5.41, 5.74) is 0. The summed E-state index contributed by atoms with van der Waals surface area (Å²) < 4.78 is 0. The van der Waals surface area contributed by atoms with Crippen LogP contribution in [0.25, 0.3) is 0 Å². The Labute approximate surface area is 72.9 Å². The molecule has 0 heterocycles. The van der Waals surface area contributed by atoms with Crippen LogP contribution in [0, 0.1) is 0 Å². The molecule has 12 heavy (non-hydrogen) atoms. The van der Waals surface area contributed by atoms with E-state index in [0.29, 0.717) is 0 Å². The van der Waals surface area contributed by atoms with Crippen LogP contribution in [0.2, 0.25) is 0 Å². The molecule has 0 aliphatic heterocycles. The van der Waals surface area contributed by atoms with Gasteiger partial charge >= 0.3 is 5.97 Å². The second-order valence-electron chi connectivity index (χ2n) is 2.30. The van der Waals surface area contributed by atoms with E-state index in [2.05, 4.69) is 6.92 Å². The fourth-order valence-electron chi connectivity index (χ4n) is 0.608. The van der Waals surface area contributed by atoms with E-state index in [0.717, 1.165) is 18.9 Å². The van der Waals surface area contributed by atoms with Gasteiger partial charge in [0.1, 0.15) is 0 Å². The van der Waals surface area contributed by atoms with E-state index in [1.54, 1.807) is 6.08 Å². The monoisotopic (exact) mass is 166 g/mol. The smallest absolute Gasteiger partial charge is 0.328 e. The lowest BCUT2D eigenvalue weighted by atomic mass is 10.3. The first-order chi connectivity index (χ1) is 5.77. The van der Waals surface area contributed by atoms with Crippen LogP contribution in [0.1, 0.15) is 19.8 Å². The normalized spacial score (nSPS) is 12.1. The Balaban J connectivity index is 3.56. The van der Waals surface area contributed by atoms with E-state index in [4.69, 9.17) is 5.11 Å². The first-order valence-electron chi connectivity index (χ1n) is 4.00. The average Bonchev–Trinajstić information content (AvgIpc) is 2.02. The predicted octanol–water partition coefficient (Wildman–Crippen LogP) is 2.54. The van der Waals surface area contributed by atoms with Crippen molar-refractivity contribution in [1.82, 2.24) is 0 Å². The van der Waals surface area contributed by atoms with Crippen LogP contribution in [0.15, 0.2) is 36.5 Å². The highest BCUT2D eigenvalue weighted by Crippen LogP contribution is 1.88. The molecule has 66 valence electrons. The van der Waals surface area contributed by atoms with Crippen molar-refractivity contribution >= 4 is 5.97 Å². The average molecular weight is 166 g/mol. The SMILES string of the molecule is CCC/C=C/C=C\C=C\C(=O)O. The van der Waals surface area contributed by atoms with Gasteiger partial charge in [0, 0.05) is 6.08 Å². The minimum Gasteiger partial charge on any atom is -0.478 e. The fourth-order valence-corrected chi connectivity index (χ4v) is 0.608. The minimum atomic E-state index is -0.919. The molecule has 0 atom stereocenters. The molecule has 1 N–H and O–H groups in total. The van der Waals surface area contributed by atoms with Crippen LogP contribution in [0.3, 0.4) is 0 Å². The van der Waals surface area contributed by atoms with Crippen molar-refractivity contribution in [2.75, 3.05) is 0 Å². The Morgan fingerprint density at radius 3 is 2.50 bits per heavy atom. The molecule has 0 bridgehead atoms. The van der Waals surface area contributed by atoms with Crippen molar-refractivity contribution in [1.29, 1.82) is 0 Å². The summed E-state index contributed by atoms with van der Waals surface area (Å²) in [6, 6.07) is 0. The Morgan fingerprint density at radius 1 is 1.25 bits per heavy atom. The maximum Gasteiger partial charge on any atom is 0.328 e. The topological polar surface area (TPSA) is 37.3 Å². The summed E-state index contributed by atoms with van der Waals surface area (Å²) >= 11 is 0. The molecule has 2 nitrogen and oxygen atoms in total. The van der Waals surface area contributed by atoms with Gasteiger partial charge in [0.2, 0.25) is 0 Å². The quantitative estimate of drug-likeness (QED) is 0.503. The molecule has 0 fully saturated rings. The van der Waals surface area contributed by atoms with Crippen LogP contribution < -0.4 is 0 Å². The van der Waals surface area contributed by atoms with Gasteiger partial charge < -0.3 is 5.11 Å². The van der Waals surface area contributed by atoms with E-state index in [1.165, 1.54) is 6.08 Å². The maximum atomic E-state index is 10.00. The van der Waals surface area contributed by atoms with E-state index >= 15 is 0 Å². The molecule has 0 rings (SSSR count). The van der Waals surface area contributed by atoms with Crippen molar-refractivity contribution in [2.24, 2.45) is 0 Å². The van der Waals surface area contributed by atoms with Crippen LogP contribution in [-0.2, 0) is 4.79 Å². The number of unbranched alkanes of at least 4 members (excludes halogenated alkanes) is 1. The zero-order chi connectivity index (χ0) is 9.23. The van der Waals surface area contributed by atoms with Gasteiger partial charge in [0.25, 0.3) is 0 Å². The number of hydrogen-bond acceptors (Lipinski definition) is 1. The molecule has 0 aromatic carbocycles. The third kappa shape index (κ3) is 8.69. The van der Waals surface area contributed by atoms with Crippen molar-refractivity contribution in [3.63, 3.8) is 0 Å². The summed E-state index contributed by atoms with van der Waals surface area (Å²) in [4.78, 5) is 10.00. The summed E-state index contributed by atoms with van der Waals surface area (Å²) in [7, 11) is 0. The highest BCUT2D eigenvalue weighted by atomic mass is 16.4. The fraction of sp³-hybridized carbons (Fsp3) is 0.300. The van der Waals surface area contributed by atoms with Gasteiger partial charge in [-0.3, -0.25) is 0 Å². The highest BCUT2D eigenvalue weighted by molar-refractivity contribution is 5.80. The van der Waals surface area contributed by atoms with Crippen molar-refractivity contribution in [2.45, 2.75) is 19.8 Å². The summed E-state index contributed by atoms with van der Waals surface area (Å²) in [5, 5.41) is 8.22. The molecule has 0 amide bonds. The van der Waals surface area contributed by atoms with Crippen LogP contribution in [0.4, 0.5) is 0 Å². The van der Waals surface area contributed by atoms with Crippen LogP contribution >= 0.6 is 0 Å². The second-order valence-corrected chi connectivity index (χ2v) is 2.30. The van der Waals surface area contributed by atoms with Crippen LogP contribution in [0.5, 0.6) is 0 Å². The number of carboxylic acid groups (broad SMARTS) is 1. The van der Waals surface area contributed by atoms with Crippen molar-refractivity contribution in [3.05, 3.63) is 36.5 Å². The Bertz CT molecular complexity index is 200. The number of allylic oxidation sites excluding steroid dienone is 5. The number of aliphatic carboxylic acids is 1. The van der Waals surface area contributed by atoms with E-state index in [9.17, 15) is 4.79 Å². The molecule has 0 aliphatic carbocycles. The van der Waals surface area contributed by atoms with Gasteiger partial charge in [-0.2, -0.15) is 0 Å². The maximum absolute atomic E-state index is 10.00. The molecule has 0 spiro atoms. The standard InChI is InChI=1S/C10H14O2/c1-2-3-4-5-6-7-8-9-10(11)12/h4-9H,2-3H2,1H3,(H,11,12)/b5-4+,7-6-,9-8+. The predicted molar refractivity (Wildman–Crippen MR) is 50.0 cm³/mol. The lowest BCUT2D eigenvalue weighted by molar-refractivity contribution is -0.131. The first-order valence-corrected chi connectivity index (χ1v) is 4.00. The minimum absolute atomic E-state index is 0.919. The molecule has 0 aromatic rings. The van der Waals surface area contributed by atoms with Gasteiger partial charge in [-0.15, -0.1) is 0 Å². The van der Waals surface area contributed by atoms with Crippen molar-refractivity contribution in [3.8, 4) is 0 Å². The van der Waals surface area contributed by atoms with E-state index < -0.39 is 5.97 Å². The summed E-state index contributed by atoms with van der Waals surface area (Å²) in [5.74, 6) is -0.919.